The Morgan fingerprint density at radius 2 is 2.28 bits per heavy atom. The van der Waals surface area contributed by atoms with Gasteiger partial charge < -0.3 is 10.0 Å². The minimum absolute atomic E-state index is 0.331. The summed E-state index contributed by atoms with van der Waals surface area (Å²) in [6.45, 7) is 0.811. The molecule has 0 amide bonds. The lowest BCUT2D eigenvalue weighted by Gasteiger charge is -2.08. The summed E-state index contributed by atoms with van der Waals surface area (Å²) < 4.78 is 0. The molecular formula is C10H13N3O4S. The van der Waals surface area contributed by atoms with Crippen molar-refractivity contribution in [1.29, 1.82) is 0 Å². The Balaban J connectivity index is 2.87. The summed E-state index contributed by atoms with van der Waals surface area (Å²) in [6.07, 6.45) is 0.988. The number of nitro groups is 1. The van der Waals surface area contributed by atoms with Crippen molar-refractivity contribution < 1.29 is 14.8 Å². The molecule has 1 heterocycles. The van der Waals surface area contributed by atoms with Gasteiger partial charge in [-0.2, -0.15) is 0 Å². The lowest BCUT2D eigenvalue weighted by Crippen LogP contribution is -2.14. The molecule has 18 heavy (non-hydrogen) atoms. The maximum absolute atomic E-state index is 10.9. The van der Waals surface area contributed by atoms with Gasteiger partial charge in [0.25, 0.3) is 0 Å². The molecule has 1 aromatic rings. The highest BCUT2D eigenvalue weighted by Crippen LogP contribution is 2.23. The Morgan fingerprint density at radius 1 is 1.61 bits per heavy atom. The fraction of sp³-hybridized carbons (Fsp3) is 0.400. The molecule has 0 saturated carbocycles. The number of carboxylic acids is 1. The zero-order chi connectivity index (χ0) is 13.7. The van der Waals surface area contributed by atoms with E-state index < -0.39 is 16.6 Å². The molecule has 0 fully saturated rings. The van der Waals surface area contributed by atoms with Gasteiger partial charge in [0.05, 0.1) is 9.95 Å². The summed E-state index contributed by atoms with van der Waals surface area (Å²) in [5.41, 5.74) is -0.818. The van der Waals surface area contributed by atoms with Gasteiger partial charge in [-0.25, -0.2) is 9.78 Å². The number of hydrogen-bond donors (Lipinski definition) is 1. The second-order valence-corrected chi connectivity index (χ2v) is 4.87. The SMILES string of the molecule is CN(C)CCSc1cc(C(=O)O)c([N+](=O)[O-])cn1. The first-order valence-corrected chi connectivity index (χ1v) is 6.05. The molecule has 98 valence electrons. The Kier molecular flexibility index (Phi) is 5.05. The van der Waals surface area contributed by atoms with E-state index in [9.17, 15) is 14.9 Å². The summed E-state index contributed by atoms with van der Waals surface area (Å²) in [6, 6.07) is 1.24. The largest absolute Gasteiger partial charge is 0.477 e. The van der Waals surface area contributed by atoms with Crippen LogP contribution in [0.2, 0.25) is 0 Å². The normalized spacial score (nSPS) is 10.6. The minimum atomic E-state index is -1.32. The number of carboxylic acid groups (broad SMARTS) is 1. The van der Waals surface area contributed by atoms with Crippen LogP contribution in [0, 0.1) is 10.1 Å². The highest BCUT2D eigenvalue weighted by Gasteiger charge is 2.20. The number of thioether (sulfide) groups is 1. The van der Waals surface area contributed by atoms with E-state index in [2.05, 4.69) is 4.98 Å². The van der Waals surface area contributed by atoms with Crippen LogP contribution in [0.4, 0.5) is 5.69 Å². The fourth-order valence-electron chi connectivity index (χ4n) is 1.16. The van der Waals surface area contributed by atoms with E-state index in [4.69, 9.17) is 5.11 Å². The van der Waals surface area contributed by atoms with Gasteiger partial charge in [0.2, 0.25) is 0 Å². The first-order chi connectivity index (χ1) is 8.41. The van der Waals surface area contributed by atoms with Gasteiger partial charge in [-0.05, 0) is 20.2 Å². The number of nitrogens with zero attached hydrogens (tertiary/aromatic N) is 3. The first kappa shape index (κ1) is 14.4. The summed E-state index contributed by atoms with van der Waals surface area (Å²) in [7, 11) is 3.85. The Hall–Kier alpha value is -1.67. The zero-order valence-corrected chi connectivity index (χ0v) is 10.8. The third kappa shape index (κ3) is 3.97. The van der Waals surface area contributed by atoms with E-state index in [1.807, 2.05) is 19.0 Å². The summed E-state index contributed by atoms with van der Waals surface area (Å²) in [4.78, 5) is 26.7. The van der Waals surface area contributed by atoms with E-state index in [1.165, 1.54) is 17.8 Å². The monoisotopic (exact) mass is 271 g/mol. The van der Waals surface area contributed by atoms with Crippen LogP contribution in [0.3, 0.4) is 0 Å². The predicted octanol–water partition coefficient (Wildman–Crippen LogP) is 1.34. The molecule has 0 spiro atoms. The maximum atomic E-state index is 10.9. The van der Waals surface area contributed by atoms with E-state index >= 15 is 0 Å². The van der Waals surface area contributed by atoms with Crippen LogP contribution >= 0.6 is 11.8 Å². The van der Waals surface area contributed by atoms with Crippen molar-refractivity contribution in [3.05, 3.63) is 27.9 Å². The zero-order valence-electron chi connectivity index (χ0n) is 9.99. The van der Waals surface area contributed by atoms with Crippen molar-refractivity contribution in [3.8, 4) is 0 Å². The van der Waals surface area contributed by atoms with Crippen molar-refractivity contribution in [3.63, 3.8) is 0 Å². The number of pyridine rings is 1. The molecule has 0 aliphatic heterocycles. The standard InChI is InChI=1S/C10H13N3O4S/c1-12(2)3-4-18-9-5-7(10(14)15)8(6-11-9)13(16)17/h5-6H,3-4H2,1-2H3,(H,14,15). The van der Waals surface area contributed by atoms with Gasteiger partial charge in [0.15, 0.2) is 0 Å². The quantitative estimate of drug-likeness (QED) is 0.473. The predicted molar refractivity (Wildman–Crippen MR) is 67.1 cm³/mol. The molecule has 0 saturated heterocycles. The van der Waals surface area contributed by atoms with Crippen molar-refractivity contribution >= 4 is 23.4 Å². The van der Waals surface area contributed by atoms with Crippen molar-refractivity contribution in [2.75, 3.05) is 26.4 Å². The van der Waals surface area contributed by atoms with Crippen LogP contribution < -0.4 is 0 Å². The van der Waals surface area contributed by atoms with Crippen molar-refractivity contribution in [2.24, 2.45) is 0 Å². The molecule has 7 nitrogen and oxygen atoms in total. The van der Waals surface area contributed by atoms with Gasteiger partial charge in [-0.3, -0.25) is 10.1 Å². The molecule has 0 radical (unpaired) electrons. The topological polar surface area (TPSA) is 96.6 Å². The molecule has 1 N–H and O–H groups in total. The summed E-state index contributed by atoms with van der Waals surface area (Å²) in [5, 5.41) is 20.0. The van der Waals surface area contributed by atoms with Crippen LogP contribution in [0.25, 0.3) is 0 Å². The molecule has 0 unspecified atom stereocenters. The number of aromatic nitrogens is 1. The highest BCUT2D eigenvalue weighted by atomic mass is 32.2. The molecule has 8 heteroatoms. The first-order valence-electron chi connectivity index (χ1n) is 5.07. The third-order valence-corrected chi connectivity index (χ3v) is 2.98. The van der Waals surface area contributed by atoms with Crippen molar-refractivity contribution in [2.45, 2.75) is 5.03 Å². The number of rotatable bonds is 6. The number of carbonyl (C=O) groups is 1. The van der Waals surface area contributed by atoms with E-state index in [1.54, 1.807) is 0 Å². The van der Waals surface area contributed by atoms with Crippen LogP contribution in [-0.2, 0) is 0 Å². The number of aromatic carboxylic acids is 1. The van der Waals surface area contributed by atoms with Gasteiger partial charge >= 0.3 is 11.7 Å². The van der Waals surface area contributed by atoms with Gasteiger partial charge in [-0.1, -0.05) is 0 Å². The molecule has 0 aliphatic carbocycles. The number of hydrogen-bond acceptors (Lipinski definition) is 6. The maximum Gasteiger partial charge on any atom is 0.342 e. The fourth-order valence-corrected chi connectivity index (χ4v) is 2.15. The molecule has 0 atom stereocenters. The van der Waals surface area contributed by atoms with Gasteiger partial charge in [0.1, 0.15) is 11.8 Å². The van der Waals surface area contributed by atoms with Crippen LogP contribution in [0.1, 0.15) is 10.4 Å². The molecule has 0 bridgehead atoms. The van der Waals surface area contributed by atoms with Crippen LogP contribution in [0.5, 0.6) is 0 Å². The Morgan fingerprint density at radius 3 is 2.78 bits per heavy atom. The summed E-state index contributed by atoms with van der Waals surface area (Å²) >= 11 is 1.36. The average molecular weight is 271 g/mol. The second kappa shape index (κ2) is 6.31. The Labute approximate surface area is 108 Å². The Bertz CT molecular complexity index is 464. The molecular weight excluding hydrogens is 258 g/mol. The van der Waals surface area contributed by atoms with E-state index in [-0.39, 0.29) is 5.56 Å². The molecule has 1 aromatic heterocycles. The minimum Gasteiger partial charge on any atom is -0.477 e. The van der Waals surface area contributed by atoms with Crippen LogP contribution in [-0.4, -0.2) is 52.3 Å². The molecule has 1 rings (SSSR count). The van der Waals surface area contributed by atoms with E-state index in [0.29, 0.717) is 5.03 Å². The molecule has 0 aliphatic rings. The van der Waals surface area contributed by atoms with Gasteiger partial charge in [0, 0.05) is 12.3 Å². The second-order valence-electron chi connectivity index (χ2n) is 3.75. The lowest BCUT2D eigenvalue weighted by molar-refractivity contribution is -0.385. The average Bonchev–Trinajstić information content (AvgIpc) is 2.28. The van der Waals surface area contributed by atoms with E-state index in [0.717, 1.165) is 18.5 Å². The summed E-state index contributed by atoms with van der Waals surface area (Å²) in [5.74, 6) is -0.588. The highest BCUT2D eigenvalue weighted by molar-refractivity contribution is 7.99. The molecule has 0 aromatic carbocycles. The lowest BCUT2D eigenvalue weighted by atomic mass is 10.2. The smallest absolute Gasteiger partial charge is 0.342 e. The van der Waals surface area contributed by atoms with Gasteiger partial charge in [-0.15, -0.1) is 11.8 Å². The van der Waals surface area contributed by atoms with Crippen molar-refractivity contribution in [1.82, 2.24) is 9.88 Å². The third-order valence-electron chi connectivity index (χ3n) is 2.07. The van der Waals surface area contributed by atoms with Crippen LogP contribution in [0.15, 0.2) is 17.3 Å².